The van der Waals surface area contributed by atoms with E-state index in [9.17, 15) is 0 Å². The smallest absolute Gasteiger partial charge is 0.152 e. The molecule has 0 bridgehead atoms. The fourth-order valence-electron chi connectivity index (χ4n) is 4.36. The SMILES string of the molecule is CCN1CCc2c(n(CC(C)(F)c3cccnc3)c3ccc(C)cc23)CC1. The molecule has 142 valence electrons. The lowest BCUT2D eigenvalue weighted by Gasteiger charge is -2.24. The average molecular weight is 365 g/mol. The predicted molar refractivity (Wildman–Crippen MR) is 109 cm³/mol. The van der Waals surface area contributed by atoms with Crippen molar-refractivity contribution in [2.75, 3.05) is 19.6 Å². The number of hydrogen-bond donors (Lipinski definition) is 0. The Balaban J connectivity index is 1.82. The molecule has 0 N–H and O–H groups in total. The van der Waals surface area contributed by atoms with Gasteiger partial charge in [0.1, 0.15) is 0 Å². The van der Waals surface area contributed by atoms with Crippen molar-refractivity contribution in [1.29, 1.82) is 0 Å². The fraction of sp³-hybridized carbons (Fsp3) is 0.435. The minimum atomic E-state index is -1.46. The third-order valence-corrected chi connectivity index (χ3v) is 5.95. The molecule has 0 fully saturated rings. The van der Waals surface area contributed by atoms with Gasteiger partial charge < -0.3 is 9.47 Å². The third kappa shape index (κ3) is 3.39. The van der Waals surface area contributed by atoms with Gasteiger partial charge in [-0.3, -0.25) is 4.98 Å². The summed E-state index contributed by atoms with van der Waals surface area (Å²) in [6, 6.07) is 10.2. The minimum absolute atomic E-state index is 0.319. The molecule has 0 saturated heterocycles. The van der Waals surface area contributed by atoms with Crippen molar-refractivity contribution in [2.24, 2.45) is 0 Å². The van der Waals surface area contributed by atoms with Crippen LogP contribution in [0.2, 0.25) is 0 Å². The number of rotatable bonds is 4. The van der Waals surface area contributed by atoms with E-state index in [1.807, 2.05) is 12.1 Å². The number of benzene rings is 1. The summed E-state index contributed by atoms with van der Waals surface area (Å²) in [7, 11) is 0. The first-order valence-electron chi connectivity index (χ1n) is 9.92. The van der Waals surface area contributed by atoms with Crippen LogP contribution in [0.3, 0.4) is 0 Å². The zero-order valence-corrected chi connectivity index (χ0v) is 16.5. The van der Waals surface area contributed by atoms with Crippen molar-refractivity contribution in [1.82, 2.24) is 14.5 Å². The van der Waals surface area contributed by atoms with E-state index in [0.717, 1.165) is 38.0 Å². The first kappa shape index (κ1) is 18.2. The quantitative estimate of drug-likeness (QED) is 0.671. The van der Waals surface area contributed by atoms with E-state index in [1.165, 1.54) is 22.2 Å². The number of hydrogen-bond acceptors (Lipinski definition) is 2. The molecule has 0 saturated carbocycles. The Morgan fingerprint density at radius 1 is 1.19 bits per heavy atom. The van der Waals surface area contributed by atoms with Gasteiger partial charge >= 0.3 is 0 Å². The van der Waals surface area contributed by atoms with Crippen LogP contribution in [0.1, 0.15) is 36.2 Å². The molecule has 0 radical (unpaired) electrons. The van der Waals surface area contributed by atoms with E-state index in [2.05, 4.69) is 46.5 Å². The molecule has 3 heterocycles. The molecule has 2 aromatic heterocycles. The van der Waals surface area contributed by atoms with Crippen LogP contribution in [0.15, 0.2) is 42.7 Å². The summed E-state index contributed by atoms with van der Waals surface area (Å²) >= 11 is 0. The first-order valence-corrected chi connectivity index (χ1v) is 9.92. The second-order valence-electron chi connectivity index (χ2n) is 7.91. The summed E-state index contributed by atoms with van der Waals surface area (Å²) in [4.78, 5) is 6.61. The maximum Gasteiger partial charge on any atom is 0.152 e. The highest BCUT2D eigenvalue weighted by Gasteiger charge is 2.30. The van der Waals surface area contributed by atoms with Crippen LogP contribution in [0, 0.1) is 6.92 Å². The van der Waals surface area contributed by atoms with Crippen LogP contribution >= 0.6 is 0 Å². The second kappa shape index (κ2) is 7.08. The molecule has 3 nitrogen and oxygen atoms in total. The van der Waals surface area contributed by atoms with Gasteiger partial charge in [-0.1, -0.05) is 24.6 Å². The maximum atomic E-state index is 15.7. The van der Waals surface area contributed by atoms with Crippen molar-refractivity contribution >= 4 is 10.9 Å². The fourth-order valence-corrected chi connectivity index (χ4v) is 4.36. The van der Waals surface area contributed by atoms with E-state index in [4.69, 9.17) is 0 Å². The van der Waals surface area contributed by atoms with Crippen molar-refractivity contribution in [3.63, 3.8) is 0 Å². The van der Waals surface area contributed by atoms with Crippen LogP contribution in [-0.2, 0) is 25.1 Å². The van der Waals surface area contributed by atoms with Crippen LogP contribution < -0.4 is 0 Å². The van der Waals surface area contributed by atoms with Crippen LogP contribution in [0.25, 0.3) is 10.9 Å². The predicted octanol–water partition coefficient (Wildman–Crippen LogP) is 4.65. The number of pyridine rings is 1. The van der Waals surface area contributed by atoms with Crippen LogP contribution in [0.5, 0.6) is 0 Å². The molecule has 1 unspecified atom stereocenters. The van der Waals surface area contributed by atoms with Crippen LogP contribution in [-0.4, -0.2) is 34.1 Å². The number of nitrogens with zero attached hydrogens (tertiary/aromatic N) is 3. The molecule has 1 aliphatic heterocycles. The van der Waals surface area contributed by atoms with Crippen molar-refractivity contribution < 1.29 is 4.39 Å². The van der Waals surface area contributed by atoms with Crippen molar-refractivity contribution in [2.45, 2.75) is 45.8 Å². The first-order chi connectivity index (χ1) is 13.0. The maximum absolute atomic E-state index is 15.7. The summed E-state index contributed by atoms with van der Waals surface area (Å²) < 4.78 is 18.0. The minimum Gasteiger partial charge on any atom is -0.341 e. The normalized spacial score (nSPS) is 17.5. The van der Waals surface area contributed by atoms with E-state index >= 15 is 4.39 Å². The van der Waals surface area contributed by atoms with Gasteiger partial charge in [0.05, 0.1) is 6.54 Å². The number of halogens is 1. The zero-order chi connectivity index (χ0) is 19.0. The summed E-state index contributed by atoms with van der Waals surface area (Å²) in [6.45, 7) is 9.52. The Morgan fingerprint density at radius 2 is 2.00 bits per heavy atom. The van der Waals surface area contributed by atoms with E-state index < -0.39 is 5.67 Å². The standard InChI is InChI=1S/C23H28FN3/c1-4-26-12-9-19-20-14-17(2)7-8-21(20)27(22(19)10-13-26)16-23(3,24)18-6-5-11-25-15-18/h5-8,11,14-15H,4,9-10,12-13,16H2,1-3H3. The number of fused-ring (bicyclic) bond motifs is 3. The number of likely N-dealkylation sites (N-methyl/N-ethyl adjacent to an activating group) is 1. The van der Waals surface area contributed by atoms with Gasteiger partial charge in [0.25, 0.3) is 0 Å². The molecule has 0 aliphatic carbocycles. The van der Waals surface area contributed by atoms with Gasteiger partial charge in [-0.2, -0.15) is 0 Å². The molecule has 1 aliphatic rings. The van der Waals surface area contributed by atoms with Gasteiger partial charge in [-0.15, -0.1) is 0 Å². The Bertz CT molecular complexity index is 943. The lowest BCUT2D eigenvalue weighted by atomic mass is 9.99. The van der Waals surface area contributed by atoms with Crippen molar-refractivity contribution in [3.8, 4) is 0 Å². The van der Waals surface area contributed by atoms with Gasteiger partial charge in [0.15, 0.2) is 5.67 Å². The lowest BCUT2D eigenvalue weighted by Crippen LogP contribution is -2.27. The Labute approximate surface area is 160 Å². The molecular weight excluding hydrogens is 337 g/mol. The molecular formula is C23H28FN3. The summed E-state index contributed by atoms with van der Waals surface area (Å²) in [5.74, 6) is 0. The molecule has 1 aromatic carbocycles. The molecule has 3 aromatic rings. The Hall–Kier alpha value is -2.20. The molecule has 27 heavy (non-hydrogen) atoms. The largest absolute Gasteiger partial charge is 0.341 e. The van der Waals surface area contributed by atoms with Gasteiger partial charge in [0.2, 0.25) is 0 Å². The zero-order valence-electron chi connectivity index (χ0n) is 16.5. The summed E-state index contributed by atoms with van der Waals surface area (Å²) in [5.41, 5.74) is 4.30. The highest BCUT2D eigenvalue weighted by Crippen LogP contribution is 2.34. The van der Waals surface area contributed by atoms with E-state index in [-0.39, 0.29) is 0 Å². The van der Waals surface area contributed by atoms with E-state index in [0.29, 0.717) is 12.1 Å². The highest BCUT2D eigenvalue weighted by molar-refractivity contribution is 5.86. The summed E-state index contributed by atoms with van der Waals surface area (Å²) in [6.07, 6.45) is 5.35. The number of aryl methyl sites for hydroxylation is 1. The second-order valence-corrected chi connectivity index (χ2v) is 7.91. The topological polar surface area (TPSA) is 21.1 Å². The van der Waals surface area contributed by atoms with Crippen LogP contribution in [0.4, 0.5) is 4.39 Å². The third-order valence-electron chi connectivity index (χ3n) is 5.95. The number of alkyl halides is 1. The van der Waals surface area contributed by atoms with Gasteiger partial charge in [-0.05, 0) is 50.6 Å². The molecule has 4 rings (SSSR count). The Kier molecular flexibility index (Phi) is 4.77. The Morgan fingerprint density at radius 3 is 2.74 bits per heavy atom. The summed E-state index contributed by atoms with van der Waals surface area (Å²) in [5, 5.41) is 1.30. The molecule has 0 amide bonds. The lowest BCUT2D eigenvalue weighted by molar-refractivity contribution is 0.162. The average Bonchev–Trinajstić information content (AvgIpc) is 2.82. The van der Waals surface area contributed by atoms with Crippen molar-refractivity contribution in [3.05, 3.63) is 65.1 Å². The molecule has 4 heteroatoms. The number of aromatic nitrogens is 2. The molecule has 1 atom stereocenters. The highest BCUT2D eigenvalue weighted by atomic mass is 19.1. The molecule has 0 spiro atoms. The van der Waals surface area contributed by atoms with Gasteiger partial charge in [-0.25, -0.2) is 4.39 Å². The monoisotopic (exact) mass is 365 g/mol. The van der Waals surface area contributed by atoms with E-state index in [1.54, 1.807) is 19.3 Å². The van der Waals surface area contributed by atoms with Gasteiger partial charge in [0, 0.05) is 54.1 Å².